The van der Waals surface area contributed by atoms with Gasteiger partial charge in [-0.25, -0.2) is 0 Å². The van der Waals surface area contributed by atoms with E-state index in [1.807, 2.05) is 60.7 Å². The first kappa shape index (κ1) is 18.5. The third-order valence-electron chi connectivity index (χ3n) is 4.31. The summed E-state index contributed by atoms with van der Waals surface area (Å²) in [6, 6.07) is 25.0. The van der Waals surface area contributed by atoms with Crippen molar-refractivity contribution in [1.82, 2.24) is 0 Å². The monoisotopic (exact) mass is 362 g/mol. The fraction of sp³-hybridized carbons (Fsp3) is 0.174. The van der Waals surface area contributed by atoms with Crippen LogP contribution in [-0.2, 0) is 18.0 Å². The van der Waals surface area contributed by atoms with Gasteiger partial charge in [0.25, 0.3) is 0 Å². The minimum absolute atomic E-state index is 0.339. The summed E-state index contributed by atoms with van der Waals surface area (Å²) in [5, 5.41) is 9.45. The molecule has 4 heteroatoms. The Morgan fingerprint density at radius 3 is 1.93 bits per heavy atom. The van der Waals surface area contributed by atoms with Gasteiger partial charge in [0.05, 0.1) is 5.92 Å². The number of rotatable bonds is 8. The van der Waals surface area contributed by atoms with Gasteiger partial charge in [-0.05, 0) is 24.1 Å². The molecular weight excluding hydrogens is 340 g/mol. The molecule has 0 fully saturated rings. The highest BCUT2D eigenvalue weighted by atomic mass is 16.5. The van der Waals surface area contributed by atoms with Crippen LogP contribution in [0.3, 0.4) is 0 Å². The Morgan fingerprint density at radius 1 is 0.815 bits per heavy atom. The van der Waals surface area contributed by atoms with E-state index >= 15 is 0 Å². The van der Waals surface area contributed by atoms with Crippen LogP contribution in [0, 0.1) is 0 Å². The van der Waals surface area contributed by atoms with Crippen LogP contribution in [0.15, 0.2) is 78.9 Å². The lowest BCUT2D eigenvalue weighted by molar-refractivity contribution is -0.138. The molecule has 0 aromatic heterocycles. The normalized spacial score (nSPS) is 11.6. The summed E-state index contributed by atoms with van der Waals surface area (Å²) in [5.41, 5.74) is 2.64. The number of benzene rings is 3. The molecular formula is C23H22O4. The van der Waals surface area contributed by atoms with E-state index in [-0.39, 0.29) is 0 Å². The van der Waals surface area contributed by atoms with E-state index in [1.54, 1.807) is 25.1 Å². The molecule has 0 aliphatic rings. The predicted octanol–water partition coefficient (Wildman–Crippen LogP) is 5.03. The minimum atomic E-state index is -0.903. The van der Waals surface area contributed by atoms with Crippen molar-refractivity contribution >= 4 is 5.97 Å². The minimum Gasteiger partial charge on any atom is -0.485 e. The van der Waals surface area contributed by atoms with E-state index in [9.17, 15) is 9.90 Å². The average molecular weight is 362 g/mol. The summed E-state index contributed by atoms with van der Waals surface area (Å²) in [7, 11) is 0. The fourth-order valence-corrected chi connectivity index (χ4v) is 2.74. The zero-order valence-corrected chi connectivity index (χ0v) is 15.2. The van der Waals surface area contributed by atoms with Gasteiger partial charge in [0.2, 0.25) is 0 Å². The molecule has 0 heterocycles. The van der Waals surface area contributed by atoms with Gasteiger partial charge >= 0.3 is 5.97 Å². The SMILES string of the molecule is CC(C(=O)O)c1cccc(OCc2ccccc2)c1OCc1ccccc1. The van der Waals surface area contributed by atoms with Gasteiger partial charge in [-0.1, -0.05) is 72.8 Å². The Hall–Kier alpha value is -3.27. The Labute approximate surface area is 159 Å². The summed E-state index contributed by atoms with van der Waals surface area (Å²) >= 11 is 0. The summed E-state index contributed by atoms with van der Waals surface area (Å²) in [6.45, 7) is 2.37. The first-order valence-electron chi connectivity index (χ1n) is 8.84. The summed E-state index contributed by atoms with van der Waals surface area (Å²) < 4.78 is 12.0. The Balaban J connectivity index is 1.86. The molecule has 0 radical (unpaired) electrons. The number of carbonyl (C=O) groups is 1. The number of ether oxygens (including phenoxy) is 2. The lowest BCUT2D eigenvalue weighted by Gasteiger charge is -2.18. The van der Waals surface area contributed by atoms with E-state index in [2.05, 4.69) is 0 Å². The molecule has 0 spiro atoms. The lowest BCUT2D eigenvalue weighted by atomic mass is 10.00. The topological polar surface area (TPSA) is 55.8 Å². The van der Waals surface area contributed by atoms with Gasteiger partial charge in [-0.3, -0.25) is 4.79 Å². The first-order valence-corrected chi connectivity index (χ1v) is 8.84. The van der Waals surface area contributed by atoms with Crippen LogP contribution in [0.2, 0.25) is 0 Å². The molecule has 0 aliphatic carbocycles. The van der Waals surface area contributed by atoms with Crippen molar-refractivity contribution in [2.24, 2.45) is 0 Å². The Morgan fingerprint density at radius 2 is 1.37 bits per heavy atom. The third kappa shape index (κ3) is 4.88. The standard InChI is InChI=1S/C23H22O4/c1-17(23(24)25)20-13-8-14-21(26-15-18-9-4-2-5-10-18)22(20)27-16-19-11-6-3-7-12-19/h2-14,17H,15-16H2,1H3,(H,24,25). The molecule has 27 heavy (non-hydrogen) atoms. The second-order valence-electron chi connectivity index (χ2n) is 6.28. The van der Waals surface area contributed by atoms with Gasteiger partial charge in [0.15, 0.2) is 11.5 Å². The van der Waals surface area contributed by atoms with E-state index in [1.165, 1.54) is 0 Å². The highest BCUT2D eigenvalue weighted by Gasteiger charge is 2.21. The second-order valence-corrected chi connectivity index (χ2v) is 6.28. The molecule has 0 bridgehead atoms. The second kappa shape index (κ2) is 8.90. The number of aliphatic carboxylic acids is 1. The molecule has 3 rings (SSSR count). The maximum absolute atomic E-state index is 11.5. The maximum atomic E-state index is 11.5. The molecule has 1 N–H and O–H groups in total. The van der Waals surface area contributed by atoms with Gasteiger partial charge < -0.3 is 14.6 Å². The molecule has 0 saturated heterocycles. The number of carboxylic acid groups (broad SMARTS) is 1. The largest absolute Gasteiger partial charge is 0.485 e. The summed E-state index contributed by atoms with van der Waals surface area (Å²) in [6.07, 6.45) is 0. The van der Waals surface area contributed by atoms with Gasteiger partial charge in [-0.15, -0.1) is 0 Å². The zero-order chi connectivity index (χ0) is 19.1. The van der Waals surface area contributed by atoms with E-state index in [0.29, 0.717) is 30.3 Å². The maximum Gasteiger partial charge on any atom is 0.310 e. The number of hydrogen-bond donors (Lipinski definition) is 1. The molecule has 1 unspecified atom stereocenters. The van der Waals surface area contributed by atoms with E-state index in [4.69, 9.17) is 9.47 Å². The van der Waals surface area contributed by atoms with Crippen molar-refractivity contribution in [3.63, 3.8) is 0 Å². The van der Waals surface area contributed by atoms with Crippen molar-refractivity contribution < 1.29 is 19.4 Å². The zero-order valence-electron chi connectivity index (χ0n) is 15.2. The van der Waals surface area contributed by atoms with Crippen LogP contribution < -0.4 is 9.47 Å². The van der Waals surface area contributed by atoms with Crippen molar-refractivity contribution in [1.29, 1.82) is 0 Å². The molecule has 3 aromatic carbocycles. The molecule has 1 atom stereocenters. The highest BCUT2D eigenvalue weighted by molar-refractivity contribution is 5.77. The average Bonchev–Trinajstić information content (AvgIpc) is 2.71. The van der Waals surface area contributed by atoms with Crippen LogP contribution in [0.4, 0.5) is 0 Å². The number of carboxylic acids is 1. The van der Waals surface area contributed by atoms with Crippen LogP contribution in [0.5, 0.6) is 11.5 Å². The van der Waals surface area contributed by atoms with Gasteiger partial charge in [0, 0.05) is 5.56 Å². The lowest BCUT2D eigenvalue weighted by Crippen LogP contribution is -2.11. The number of para-hydroxylation sites is 1. The van der Waals surface area contributed by atoms with Crippen LogP contribution in [0.25, 0.3) is 0 Å². The molecule has 0 saturated carbocycles. The van der Waals surface area contributed by atoms with E-state index < -0.39 is 11.9 Å². The molecule has 0 amide bonds. The summed E-state index contributed by atoms with van der Waals surface area (Å²) in [4.78, 5) is 11.5. The molecule has 138 valence electrons. The van der Waals surface area contributed by atoms with Crippen LogP contribution in [-0.4, -0.2) is 11.1 Å². The fourth-order valence-electron chi connectivity index (χ4n) is 2.74. The van der Waals surface area contributed by atoms with Crippen molar-refractivity contribution in [2.45, 2.75) is 26.1 Å². The molecule has 4 nitrogen and oxygen atoms in total. The number of hydrogen-bond acceptors (Lipinski definition) is 3. The Kier molecular flexibility index (Phi) is 6.10. The quantitative estimate of drug-likeness (QED) is 0.610. The van der Waals surface area contributed by atoms with Gasteiger partial charge in [-0.2, -0.15) is 0 Å². The van der Waals surface area contributed by atoms with Crippen molar-refractivity contribution in [2.75, 3.05) is 0 Å². The van der Waals surface area contributed by atoms with Crippen LogP contribution >= 0.6 is 0 Å². The third-order valence-corrected chi connectivity index (χ3v) is 4.31. The summed E-state index contributed by atoms with van der Waals surface area (Å²) in [5.74, 6) is -0.580. The first-order chi connectivity index (χ1) is 13.1. The highest BCUT2D eigenvalue weighted by Crippen LogP contribution is 2.37. The smallest absolute Gasteiger partial charge is 0.310 e. The predicted molar refractivity (Wildman–Crippen MR) is 104 cm³/mol. The Bertz CT molecular complexity index is 875. The van der Waals surface area contributed by atoms with Crippen molar-refractivity contribution in [3.8, 4) is 11.5 Å². The molecule has 3 aromatic rings. The van der Waals surface area contributed by atoms with E-state index in [0.717, 1.165) is 11.1 Å². The molecule has 0 aliphatic heterocycles. The van der Waals surface area contributed by atoms with Crippen LogP contribution in [0.1, 0.15) is 29.5 Å². The van der Waals surface area contributed by atoms with Crippen molar-refractivity contribution in [3.05, 3.63) is 95.6 Å². The van der Waals surface area contributed by atoms with Gasteiger partial charge in [0.1, 0.15) is 13.2 Å².